The van der Waals surface area contributed by atoms with E-state index in [1.54, 1.807) is 13.8 Å². The van der Waals surface area contributed by atoms with E-state index in [1.165, 1.54) is 6.07 Å². The summed E-state index contributed by atoms with van der Waals surface area (Å²) in [7, 11) is -3.67. The first-order chi connectivity index (χ1) is 7.68. The Hall–Kier alpha value is -0.650. The van der Waals surface area contributed by atoms with Gasteiger partial charge in [0.15, 0.2) is 0 Å². The number of rotatable bonds is 4. The Bertz CT molecular complexity index is 514. The molecule has 3 nitrogen and oxygen atoms in total. The van der Waals surface area contributed by atoms with Crippen LogP contribution in [0.5, 0.6) is 0 Å². The fraction of sp³-hybridized carbons (Fsp3) is 0.455. The van der Waals surface area contributed by atoms with Gasteiger partial charge in [-0.25, -0.2) is 17.5 Å². The van der Waals surface area contributed by atoms with Crippen molar-refractivity contribution < 1.29 is 12.8 Å². The Morgan fingerprint density at radius 2 is 2.00 bits per heavy atom. The third-order valence-electron chi connectivity index (χ3n) is 2.50. The summed E-state index contributed by atoms with van der Waals surface area (Å²) < 4.78 is 39.4. The molecular weight excluding hydrogens is 265 g/mol. The van der Waals surface area contributed by atoms with Crippen molar-refractivity contribution >= 4 is 21.6 Å². The van der Waals surface area contributed by atoms with Crippen LogP contribution in [0.15, 0.2) is 23.1 Å². The number of halogens is 2. The molecule has 0 unspecified atom stereocenters. The summed E-state index contributed by atoms with van der Waals surface area (Å²) in [6.45, 7) is 5.42. The highest BCUT2D eigenvalue weighted by Gasteiger charge is 2.24. The van der Waals surface area contributed by atoms with Crippen molar-refractivity contribution in [1.29, 1.82) is 0 Å². The highest BCUT2D eigenvalue weighted by atomic mass is 35.5. The number of benzene rings is 1. The molecule has 6 heteroatoms. The second-order valence-electron chi connectivity index (χ2n) is 4.42. The van der Waals surface area contributed by atoms with Gasteiger partial charge in [0, 0.05) is 5.54 Å². The van der Waals surface area contributed by atoms with E-state index in [-0.39, 0.29) is 9.92 Å². The van der Waals surface area contributed by atoms with Crippen molar-refractivity contribution in [2.24, 2.45) is 0 Å². The summed E-state index contributed by atoms with van der Waals surface area (Å²) in [6, 6.07) is 3.33. The van der Waals surface area contributed by atoms with E-state index >= 15 is 0 Å². The quantitative estimate of drug-likeness (QED) is 0.921. The van der Waals surface area contributed by atoms with Crippen LogP contribution in [0.1, 0.15) is 27.2 Å². The summed E-state index contributed by atoms with van der Waals surface area (Å²) in [5.74, 6) is -0.639. The number of hydrogen-bond donors (Lipinski definition) is 1. The van der Waals surface area contributed by atoms with Gasteiger partial charge < -0.3 is 0 Å². The van der Waals surface area contributed by atoms with Crippen LogP contribution in [-0.2, 0) is 10.0 Å². The van der Waals surface area contributed by atoms with E-state index < -0.39 is 21.4 Å². The SMILES string of the molecule is CCC(C)(C)NS(=O)(=O)c1ccc(F)c(Cl)c1. The van der Waals surface area contributed by atoms with Gasteiger partial charge in [-0.2, -0.15) is 0 Å². The maximum atomic E-state index is 12.9. The summed E-state index contributed by atoms with van der Waals surface area (Å²) >= 11 is 5.56. The number of hydrogen-bond acceptors (Lipinski definition) is 2. The van der Waals surface area contributed by atoms with E-state index in [1.807, 2.05) is 6.92 Å². The van der Waals surface area contributed by atoms with E-state index in [0.29, 0.717) is 6.42 Å². The summed E-state index contributed by atoms with van der Waals surface area (Å²) in [6.07, 6.45) is 0.640. The Labute approximate surface area is 106 Å². The molecule has 0 fully saturated rings. The van der Waals surface area contributed by atoms with Gasteiger partial charge in [-0.1, -0.05) is 18.5 Å². The third kappa shape index (κ3) is 3.66. The molecule has 0 heterocycles. The highest BCUT2D eigenvalue weighted by molar-refractivity contribution is 7.89. The minimum Gasteiger partial charge on any atom is -0.207 e. The molecular formula is C11H15ClFNO2S. The molecule has 0 atom stereocenters. The molecule has 1 N–H and O–H groups in total. The molecule has 1 rings (SSSR count). The van der Waals surface area contributed by atoms with E-state index in [9.17, 15) is 12.8 Å². The monoisotopic (exact) mass is 279 g/mol. The van der Waals surface area contributed by atoms with Crippen molar-refractivity contribution in [2.75, 3.05) is 0 Å². The standard InChI is InChI=1S/C11H15ClFNO2S/c1-4-11(2,3)14-17(15,16)8-5-6-10(13)9(12)7-8/h5-7,14H,4H2,1-3H3. The second-order valence-corrected chi connectivity index (χ2v) is 6.51. The Kier molecular flexibility index (Phi) is 4.17. The third-order valence-corrected chi connectivity index (χ3v) is 4.48. The maximum absolute atomic E-state index is 12.9. The van der Waals surface area contributed by atoms with Gasteiger partial charge in [0.25, 0.3) is 0 Å². The fourth-order valence-electron chi connectivity index (χ4n) is 1.14. The molecule has 0 bridgehead atoms. The van der Waals surface area contributed by atoms with Crippen LogP contribution < -0.4 is 4.72 Å². The molecule has 1 aromatic rings. The van der Waals surface area contributed by atoms with Gasteiger partial charge >= 0.3 is 0 Å². The highest BCUT2D eigenvalue weighted by Crippen LogP contribution is 2.21. The van der Waals surface area contributed by atoms with Crippen LogP contribution in [0.4, 0.5) is 4.39 Å². The first-order valence-electron chi connectivity index (χ1n) is 5.17. The van der Waals surface area contributed by atoms with E-state index in [2.05, 4.69) is 4.72 Å². The van der Waals surface area contributed by atoms with Crippen LogP contribution in [0.25, 0.3) is 0 Å². The lowest BCUT2D eigenvalue weighted by Crippen LogP contribution is -2.42. The smallest absolute Gasteiger partial charge is 0.207 e. The fourth-order valence-corrected chi connectivity index (χ4v) is 2.89. The summed E-state index contributed by atoms with van der Waals surface area (Å²) in [5, 5.41) is -0.206. The summed E-state index contributed by atoms with van der Waals surface area (Å²) in [5.41, 5.74) is -0.556. The van der Waals surface area contributed by atoms with Crippen molar-refractivity contribution in [1.82, 2.24) is 4.72 Å². The van der Waals surface area contributed by atoms with Gasteiger partial charge in [0.05, 0.1) is 9.92 Å². The van der Waals surface area contributed by atoms with Crippen LogP contribution in [0.2, 0.25) is 5.02 Å². The minimum atomic E-state index is -3.67. The lowest BCUT2D eigenvalue weighted by Gasteiger charge is -2.24. The lowest BCUT2D eigenvalue weighted by atomic mass is 10.0. The number of sulfonamides is 1. The number of nitrogens with one attached hydrogen (secondary N) is 1. The largest absolute Gasteiger partial charge is 0.241 e. The molecule has 0 aliphatic heterocycles. The minimum absolute atomic E-state index is 0.0366. The van der Waals surface area contributed by atoms with Crippen molar-refractivity contribution in [3.63, 3.8) is 0 Å². The van der Waals surface area contributed by atoms with Crippen molar-refractivity contribution in [3.05, 3.63) is 29.0 Å². The second kappa shape index (κ2) is 4.92. The Balaban J connectivity index is 3.10. The molecule has 0 aliphatic rings. The topological polar surface area (TPSA) is 46.2 Å². The van der Waals surface area contributed by atoms with Gasteiger partial charge in [0.2, 0.25) is 10.0 Å². The predicted molar refractivity (Wildman–Crippen MR) is 66.1 cm³/mol. The Morgan fingerprint density at radius 1 is 1.41 bits per heavy atom. The molecule has 0 saturated carbocycles. The van der Waals surface area contributed by atoms with Crippen LogP contribution >= 0.6 is 11.6 Å². The first-order valence-corrected chi connectivity index (χ1v) is 7.03. The van der Waals surface area contributed by atoms with Gasteiger partial charge in [0.1, 0.15) is 5.82 Å². The van der Waals surface area contributed by atoms with Gasteiger partial charge in [-0.3, -0.25) is 0 Å². The zero-order chi connectivity index (χ0) is 13.3. The molecule has 0 aromatic heterocycles. The zero-order valence-electron chi connectivity index (χ0n) is 9.92. The molecule has 1 aromatic carbocycles. The van der Waals surface area contributed by atoms with Crippen LogP contribution in [0, 0.1) is 5.82 Å². The summed E-state index contributed by atoms with van der Waals surface area (Å²) in [4.78, 5) is -0.0366. The maximum Gasteiger partial charge on any atom is 0.241 e. The average molecular weight is 280 g/mol. The molecule has 96 valence electrons. The molecule has 17 heavy (non-hydrogen) atoms. The first kappa shape index (κ1) is 14.4. The van der Waals surface area contributed by atoms with E-state index in [0.717, 1.165) is 12.1 Å². The van der Waals surface area contributed by atoms with Crippen LogP contribution in [-0.4, -0.2) is 14.0 Å². The molecule has 0 spiro atoms. The van der Waals surface area contributed by atoms with Gasteiger partial charge in [-0.15, -0.1) is 0 Å². The average Bonchev–Trinajstić information content (AvgIpc) is 2.20. The van der Waals surface area contributed by atoms with Crippen molar-refractivity contribution in [2.45, 2.75) is 37.6 Å². The van der Waals surface area contributed by atoms with Crippen LogP contribution in [0.3, 0.4) is 0 Å². The molecule has 0 amide bonds. The normalized spacial score (nSPS) is 12.8. The zero-order valence-corrected chi connectivity index (χ0v) is 11.5. The van der Waals surface area contributed by atoms with E-state index in [4.69, 9.17) is 11.6 Å². The molecule has 0 saturated heterocycles. The van der Waals surface area contributed by atoms with Crippen molar-refractivity contribution in [3.8, 4) is 0 Å². The predicted octanol–water partition coefficient (Wildman–Crippen LogP) is 2.95. The molecule has 0 radical (unpaired) electrons. The molecule has 0 aliphatic carbocycles. The van der Waals surface area contributed by atoms with Gasteiger partial charge in [-0.05, 0) is 38.5 Å². The Morgan fingerprint density at radius 3 is 2.47 bits per heavy atom. The lowest BCUT2D eigenvalue weighted by molar-refractivity contribution is 0.439.